The molecular formula is C108H68N4. The minimum Gasteiger partial charge on any atom is -0.309 e. The molecule has 520 valence electrons. The van der Waals surface area contributed by atoms with Gasteiger partial charge >= 0.3 is 0 Å². The van der Waals surface area contributed by atoms with Crippen LogP contribution in [0.1, 0.15) is 0 Å². The Bertz CT molecular complexity index is 7920. The van der Waals surface area contributed by atoms with Gasteiger partial charge in [-0.05, 0) is 243 Å². The van der Waals surface area contributed by atoms with Gasteiger partial charge in [0.15, 0.2) is 0 Å². The van der Waals surface area contributed by atoms with E-state index >= 15 is 0 Å². The molecule has 0 saturated carbocycles. The normalized spacial score (nSPS) is 11.9. The molecule has 0 aliphatic rings. The monoisotopic (exact) mass is 1420 g/mol. The maximum absolute atomic E-state index is 2.43. The molecule has 0 saturated heterocycles. The summed E-state index contributed by atoms with van der Waals surface area (Å²) in [6.45, 7) is 0. The van der Waals surface area contributed by atoms with Crippen LogP contribution < -0.4 is 0 Å². The molecule has 0 aliphatic carbocycles. The Morgan fingerprint density at radius 2 is 0.304 bits per heavy atom. The maximum atomic E-state index is 2.43. The van der Waals surface area contributed by atoms with Crippen LogP contribution in [0.15, 0.2) is 413 Å². The summed E-state index contributed by atoms with van der Waals surface area (Å²) < 4.78 is 9.59. The van der Waals surface area contributed by atoms with Crippen molar-refractivity contribution in [3.8, 4) is 67.3 Å². The van der Waals surface area contributed by atoms with Crippen molar-refractivity contribution in [2.75, 3.05) is 0 Å². The average molecular weight is 1420 g/mol. The van der Waals surface area contributed by atoms with Gasteiger partial charge in [0, 0.05) is 65.8 Å². The van der Waals surface area contributed by atoms with Crippen molar-refractivity contribution in [2.45, 2.75) is 0 Å². The molecule has 0 unspecified atom stereocenters. The molecule has 0 fully saturated rings. The molecule has 4 nitrogen and oxygen atoms in total. The zero-order chi connectivity index (χ0) is 73.5. The highest BCUT2D eigenvalue weighted by atomic mass is 15.0. The lowest BCUT2D eigenvalue weighted by Crippen LogP contribution is -1.94. The van der Waals surface area contributed by atoms with Crippen LogP contribution in [0.5, 0.6) is 0 Å². The fourth-order valence-electron chi connectivity index (χ4n) is 18.7. The van der Waals surface area contributed by atoms with Crippen LogP contribution in [0.4, 0.5) is 0 Å². The Balaban J connectivity index is 0.000000134. The molecule has 24 rings (SSSR count). The number of benzene rings is 20. The van der Waals surface area contributed by atoms with E-state index in [0.717, 1.165) is 11.4 Å². The molecule has 112 heavy (non-hydrogen) atoms. The van der Waals surface area contributed by atoms with E-state index in [4.69, 9.17) is 0 Å². The van der Waals surface area contributed by atoms with E-state index in [1.165, 1.54) is 208 Å². The fraction of sp³-hybridized carbons (Fsp3) is 0. The molecular weight excluding hydrogens is 1350 g/mol. The minimum atomic E-state index is 1.15. The van der Waals surface area contributed by atoms with Gasteiger partial charge in [-0.3, -0.25) is 0 Å². The Morgan fingerprint density at radius 3 is 0.634 bits per heavy atom. The number of rotatable bonds is 8. The van der Waals surface area contributed by atoms with Gasteiger partial charge in [-0.25, -0.2) is 0 Å². The van der Waals surface area contributed by atoms with E-state index in [-0.39, 0.29) is 0 Å². The standard InChI is InChI=1S/2C54H34N2/c1-2-14-39(15-3-1)55-51-23-10-8-21-46(51)49-33-37(26-29-53(49)55)38-27-30-54-50(34-38)47-22-9-11-24-52(47)56(54)40-16-12-13-35(31-40)36-25-28-45-43-19-5-4-17-41(43)42-18-6-7-20-44(42)48(45)32-36;1-2-12-39(13-3-1)55-51-20-10-8-18-46(51)49-33-37(25-30-53(49)55)38-26-31-54-50(34-38)47-19-9-11-21-52(47)56(54)40-27-22-35(23-28-40)36-24-29-45-43-16-5-4-14-41(43)42-15-6-7-17-44(42)48(45)32-36/h2*1-34H. The van der Waals surface area contributed by atoms with Gasteiger partial charge < -0.3 is 18.3 Å². The first-order chi connectivity index (χ1) is 55.6. The summed E-state index contributed by atoms with van der Waals surface area (Å²) >= 11 is 0. The predicted octanol–water partition coefficient (Wildman–Crippen LogP) is 29.3. The second-order valence-corrected chi connectivity index (χ2v) is 29.8. The zero-order valence-corrected chi connectivity index (χ0v) is 61.0. The van der Waals surface area contributed by atoms with Crippen molar-refractivity contribution < 1.29 is 0 Å². The highest BCUT2D eigenvalue weighted by Gasteiger charge is 2.21. The van der Waals surface area contributed by atoms with E-state index in [0.29, 0.717) is 0 Å². The van der Waals surface area contributed by atoms with Crippen molar-refractivity contribution in [3.63, 3.8) is 0 Å². The third kappa shape index (κ3) is 9.95. The summed E-state index contributed by atoms with van der Waals surface area (Å²) in [4.78, 5) is 0. The number of hydrogen-bond donors (Lipinski definition) is 0. The van der Waals surface area contributed by atoms with Gasteiger partial charge in [0.05, 0.1) is 44.1 Å². The Kier molecular flexibility index (Phi) is 14.3. The lowest BCUT2D eigenvalue weighted by Gasteiger charge is -2.13. The third-order valence-electron chi connectivity index (χ3n) is 23.8. The molecule has 4 heteroatoms. The van der Waals surface area contributed by atoms with Gasteiger partial charge in [-0.1, -0.05) is 279 Å². The van der Waals surface area contributed by atoms with E-state index in [9.17, 15) is 0 Å². The number of fused-ring (bicyclic) bond motifs is 24. The van der Waals surface area contributed by atoms with Crippen molar-refractivity contribution >= 4 is 152 Å². The summed E-state index contributed by atoms with van der Waals surface area (Å²) in [5.74, 6) is 0. The molecule has 4 aromatic heterocycles. The Hall–Kier alpha value is -14.8. The second kappa shape index (κ2) is 25.4. The second-order valence-electron chi connectivity index (χ2n) is 29.8. The zero-order valence-electron chi connectivity index (χ0n) is 61.0. The highest BCUT2D eigenvalue weighted by molar-refractivity contribution is 6.27. The minimum absolute atomic E-state index is 1.15. The topological polar surface area (TPSA) is 19.7 Å². The summed E-state index contributed by atoms with van der Waals surface area (Å²) in [6.07, 6.45) is 0. The van der Waals surface area contributed by atoms with Gasteiger partial charge in [-0.15, -0.1) is 0 Å². The van der Waals surface area contributed by atoms with Crippen molar-refractivity contribution in [3.05, 3.63) is 413 Å². The summed E-state index contributed by atoms with van der Waals surface area (Å²) in [7, 11) is 0. The van der Waals surface area contributed by atoms with E-state index < -0.39 is 0 Å². The first kappa shape index (κ1) is 63.3. The third-order valence-corrected chi connectivity index (χ3v) is 23.8. The first-order valence-electron chi connectivity index (χ1n) is 38.7. The summed E-state index contributed by atoms with van der Waals surface area (Å²) in [5, 5.41) is 25.6. The largest absolute Gasteiger partial charge is 0.309 e. The molecule has 0 aliphatic heterocycles. The van der Waals surface area contributed by atoms with Crippen molar-refractivity contribution in [2.24, 2.45) is 0 Å². The van der Waals surface area contributed by atoms with Crippen molar-refractivity contribution in [1.82, 2.24) is 18.3 Å². The molecule has 20 aromatic carbocycles. The SMILES string of the molecule is c1ccc(-n2c3ccccc3c3cc(-c4ccc5c(c4)c4ccccc4n5-c4ccc(-c5ccc6c7ccccc7c7ccccc7c6c5)cc4)ccc32)cc1.c1ccc(-n2c3ccccc3c3cc(-c4ccc5c(c4)c4ccccc4n5-c4cccc(-c5ccc6c7ccccc7c7ccccc7c6c5)c4)ccc32)cc1. The molecule has 4 heterocycles. The Labute approximate surface area is 645 Å². The Morgan fingerprint density at radius 1 is 0.0982 bits per heavy atom. The smallest absolute Gasteiger partial charge is 0.0541 e. The molecule has 0 amide bonds. The van der Waals surface area contributed by atoms with Gasteiger partial charge in [0.2, 0.25) is 0 Å². The van der Waals surface area contributed by atoms with Crippen LogP contribution >= 0.6 is 0 Å². The highest BCUT2D eigenvalue weighted by Crippen LogP contribution is 2.45. The number of para-hydroxylation sites is 6. The molecule has 0 N–H and O–H groups in total. The quantitative estimate of drug-likeness (QED) is 0.135. The van der Waals surface area contributed by atoms with Gasteiger partial charge in [-0.2, -0.15) is 0 Å². The van der Waals surface area contributed by atoms with Crippen LogP contribution in [0, 0.1) is 0 Å². The maximum Gasteiger partial charge on any atom is 0.0541 e. The van der Waals surface area contributed by atoms with Gasteiger partial charge in [0.1, 0.15) is 0 Å². The van der Waals surface area contributed by atoms with Gasteiger partial charge in [0.25, 0.3) is 0 Å². The average Bonchev–Trinajstić information content (AvgIpc) is 1.02. The molecule has 0 spiro atoms. The van der Waals surface area contributed by atoms with Crippen LogP contribution in [0.3, 0.4) is 0 Å². The van der Waals surface area contributed by atoms with Crippen molar-refractivity contribution in [1.29, 1.82) is 0 Å². The first-order valence-corrected chi connectivity index (χ1v) is 38.7. The van der Waals surface area contributed by atoms with Crippen LogP contribution in [-0.4, -0.2) is 18.3 Å². The van der Waals surface area contributed by atoms with Crippen LogP contribution in [-0.2, 0) is 0 Å². The summed E-state index contributed by atoms with van der Waals surface area (Å²) in [5.41, 5.74) is 24.0. The predicted molar refractivity (Wildman–Crippen MR) is 477 cm³/mol. The number of aromatic nitrogens is 4. The van der Waals surface area contributed by atoms with E-state index in [2.05, 4.69) is 431 Å². The number of hydrogen-bond acceptors (Lipinski definition) is 0. The lowest BCUT2D eigenvalue weighted by molar-refractivity contribution is 1.18. The fourth-order valence-corrected chi connectivity index (χ4v) is 18.7. The van der Waals surface area contributed by atoms with E-state index in [1.54, 1.807) is 0 Å². The summed E-state index contributed by atoms with van der Waals surface area (Å²) in [6, 6.07) is 151. The number of nitrogens with zero attached hydrogens (tertiary/aromatic N) is 4. The van der Waals surface area contributed by atoms with Crippen LogP contribution in [0.2, 0.25) is 0 Å². The van der Waals surface area contributed by atoms with E-state index in [1.807, 2.05) is 0 Å². The molecule has 0 atom stereocenters. The molecule has 24 aromatic rings. The van der Waals surface area contributed by atoms with Crippen LogP contribution in [0.25, 0.3) is 219 Å². The lowest BCUT2D eigenvalue weighted by atomic mass is 9.92. The molecule has 0 bridgehead atoms. The molecule has 0 radical (unpaired) electrons.